The van der Waals surface area contributed by atoms with Crippen LogP contribution in [0.2, 0.25) is 0 Å². The number of hydrogen-bond acceptors (Lipinski definition) is 2. The first kappa shape index (κ1) is 13.9. The molecule has 104 valence electrons. The Labute approximate surface area is 111 Å². The van der Waals surface area contributed by atoms with E-state index in [4.69, 9.17) is 0 Å². The highest BCUT2D eigenvalue weighted by Crippen LogP contribution is 2.27. The van der Waals surface area contributed by atoms with E-state index in [1.165, 1.54) is 0 Å². The largest absolute Gasteiger partial charge is 0.325 e. The summed E-state index contributed by atoms with van der Waals surface area (Å²) in [7, 11) is 0. The second kappa shape index (κ2) is 5.65. The van der Waals surface area contributed by atoms with Crippen LogP contribution in [0.15, 0.2) is 24.3 Å². The highest BCUT2D eigenvalue weighted by Gasteiger charge is 2.34. The maximum absolute atomic E-state index is 13.0. The van der Waals surface area contributed by atoms with Gasteiger partial charge >= 0.3 is 0 Å². The molecule has 1 fully saturated rings. The third kappa shape index (κ3) is 4.28. The van der Waals surface area contributed by atoms with Crippen LogP contribution in [0, 0.1) is 6.92 Å². The van der Waals surface area contributed by atoms with Gasteiger partial charge in [-0.3, -0.25) is 9.69 Å². The molecular formula is C14H18F2N2O. The molecule has 1 aliphatic rings. The minimum Gasteiger partial charge on any atom is -0.325 e. The molecule has 3 nitrogen and oxygen atoms in total. The third-order valence-corrected chi connectivity index (χ3v) is 3.26. The van der Waals surface area contributed by atoms with E-state index in [1.807, 2.05) is 31.2 Å². The monoisotopic (exact) mass is 268 g/mol. The highest BCUT2D eigenvalue weighted by atomic mass is 19.3. The smallest absolute Gasteiger partial charge is 0.250 e. The summed E-state index contributed by atoms with van der Waals surface area (Å²) in [5.41, 5.74) is 1.81. The summed E-state index contributed by atoms with van der Waals surface area (Å²) >= 11 is 0. The maximum atomic E-state index is 13.0. The van der Waals surface area contributed by atoms with Crippen LogP contribution in [-0.2, 0) is 4.79 Å². The van der Waals surface area contributed by atoms with Crippen molar-refractivity contribution in [2.75, 3.05) is 25.0 Å². The molecule has 0 radical (unpaired) electrons. The Hall–Kier alpha value is -1.49. The second-order valence-electron chi connectivity index (χ2n) is 5.05. The predicted octanol–water partition coefficient (Wildman–Crippen LogP) is 2.66. The van der Waals surface area contributed by atoms with E-state index in [1.54, 1.807) is 4.90 Å². The fraction of sp³-hybridized carbons (Fsp3) is 0.500. The molecule has 1 amide bonds. The van der Waals surface area contributed by atoms with E-state index in [-0.39, 0.29) is 38.4 Å². The Balaban J connectivity index is 1.82. The molecule has 1 heterocycles. The molecule has 1 aromatic rings. The number of anilines is 1. The molecule has 0 spiro atoms. The summed E-state index contributed by atoms with van der Waals surface area (Å²) in [6.45, 7) is 2.66. The molecule has 2 rings (SSSR count). The summed E-state index contributed by atoms with van der Waals surface area (Å²) in [6.07, 6.45) is -0.324. The molecule has 0 atom stereocenters. The Bertz CT molecular complexity index is 453. The van der Waals surface area contributed by atoms with Crippen molar-refractivity contribution in [3.63, 3.8) is 0 Å². The van der Waals surface area contributed by atoms with Crippen molar-refractivity contribution in [1.82, 2.24) is 4.90 Å². The minimum absolute atomic E-state index is 0.157. The number of benzene rings is 1. The zero-order chi connectivity index (χ0) is 13.9. The SMILES string of the molecule is Cc1cccc(NC(=O)CN2CCC(F)(F)CC2)c1. The van der Waals surface area contributed by atoms with E-state index >= 15 is 0 Å². The number of amides is 1. The summed E-state index contributed by atoms with van der Waals surface area (Å²) < 4.78 is 26.0. The van der Waals surface area contributed by atoms with Gasteiger partial charge in [0, 0.05) is 31.6 Å². The van der Waals surface area contributed by atoms with Crippen molar-refractivity contribution in [3.8, 4) is 0 Å². The van der Waals surface area contributed by atoms with Gasteiger partial charge in [0.1, 0.15) is 0 Å². The first-order valence-electron chi connectivity index (χ1n) is 6.41. The molecule has 0 unspecified atom stereocenters. The quantitative estimate of drug-likeness (QED) is 0.914. The number of alkyl halides is 2. The minimum atomic E-state index is -2.57. The molecule has 0 aromatic heterocycles. The van der Waals surface area contributed by atoms with Crippen LogP contribution < -0.4 is 5.32 Å². The van der Waals surface area contributed by atoms with Gasteiger partial charge in [-0.2, -0.15) is 0 Å². The van der Waals surface area contributed by atoms with Crippen molar-refractivity contribution < 1.29 is 13.6 Å². The summed E-state index contributed by atoms with van der Waals surface area (Å²) in [4.78, 5) is 13.6. The van der Waals surface area contributed by atoms with Crippen LogP contribution in [0.4, 0.5) is 14.5 Å². The number of halogens is 2. The fourth-order valence-corrected chi connectivity index (χ4v) is 2.16. The van der Waals surface area contributed by atoms with E-state index in [0.29, 0.717) is 0 Å². The molecule has 19 heavy (non-hydrogen) atoms. The predicted molar refractivity (Wildman–Crippen MR) is 70.4 cm³/mol. The Morgan fingerprint density at radius 2 is 2.05 bits per heavy atom. The van der Waals surface area contributed by atoms with Gasteiger partial charge in [0.2, 0.25) is 5.91 Å². The van der Waals surface area contributed by atoms with E-state index in [0.717, 1.165) is 11.3 Å². The molecule has 1 aromatic carbocycles. The lowest BCUT2D eigenvalue weighted by Crippen LogP contribution is -2.42. The van der Waals surface area contributed by atoms with Crippen molar-refractivity contribution in [1.29, 1.82) is 0 Å². The van der Waals surface area contributed by atoms with Crippen LogP contribution in [0.1, 0.15) is 18.4 Å². The van der Waals surface area contributed by atoms with Crippen molar-refractivity contribution >= 4 is 11.6 Å². The first-order chi connectivity index (χ1) is 8.94. The molecule has 0 aliphatic carbocycles. The number of carbonyl (C=O) groups excluding carboxylic acids is 1. The number of nitrogens with zero attached hydrogens (tertiary/aromatic N) is 1. The number of aryl methyl sites for hydroxylation is 1. The van der Waals surface area contributed by atoms with Crippen molar-refractivity contribution in [2.24, 2.45) is 0 Å². The third-order valence-electron chi connectivity index (χ3n) is 3.26. The van der Waals surface area contributed by atoms with Crippen LogP contribution in [-0.4, -0.2) is 36.4 Å². The molecular weight excluding hydrogens is 250 g/mol. The molecule has 5 heteroatoms. The van der Waals surface area contributed by atoms with Gasteiger partial charge in [0.25, 0.3) is 5.92 Å². The highest BCUT2D eigenvalue weighted by molar-refractivity contribution is 5.92. The number of likely N-dealkylation sites (tertiary alicyclic amines) is 1. The van der Waals surface area contributed by atoms with Crippen molar-refractivity contribution in [3.05, 3.63) is 29.8 Å². The van der Waals surface area contributed by atoms with Gasteiger partial charge in [-0.1, -0.05) is 12.1 Å². The van der Waals surface area contributed by atoms with Crippen LogP contribution in [0.25, 0.3) is 0 Å². The summed E-state index contributed by atoms with van der Waals surface area (Å²) in [6, 6.07) is 7.51. The summed E-state index contributed by atoms with van der Waals surface area (Å²) in [5, 5.41) is 2.78. The van der Waals surface area contributed by atoms with Crippen LogP contribution in [0.5, 0.6) is 0 Å². The molecule has 0 bridgehead atoms. The van der Waals surface area contributed by atoms with Gasteiger partial charge in [-0.05, 0) is 24.6 Å². The standard InChI is InChI=1S/C14H18F2N2O/c1-11-3-2-4-12(9-11)17-13(19)10-18-7-5-14(15,16)6-8-18/h2-4,9H,5-8,10H2,1H3,(H,17,19). The topological polar surface area (TPSA) is 32.3 Å². The second-order valence-corrected chi connectivity index (χ2v) is 5.05. The lowest BCUT2D eigenvalue weighted by molar-refractivity contribution is -0.119. The number of piperidine rings is 1. The summed E-state index contributed by atoms with van der Waals surface area (Å²) in [5.74, 6) is -2.72. The molecule has 1 N–H and O–H groups in total. The van der Waals surface area contributed by atoms with E-state index in [9.17, 15) is 13.6 Å². The number of hydrogen-bond donors (Lipinski definition) is 1. The molecule has 0 saturated carbocycles. The Morgan fingerprint density at radius 3 is 2.68 bits per heavy atom. The number of carbonyl (C=O) groups is 1. The number of rotatable bonds is 3. The van der Waals surface area contributed by atoms with Gasteiger partial charge in [0.05, 0.1) is 6.54 Å². The van der Waals surface area contributed by atoms with Crippen molar-refractivity contribution in [2.45, 2.75) is 25.7 Å². The average molecular weight is 268 g/mol. The Morgan fingerprint density at radius 1 is 1.37 bits per heavy atom. The zero-order valence-corrected chi connectivity index (χ0v) is 11.0. The van der Waals surface area contributed by atoms with E-state index in [2.05, 4.69) is 5.32 Å². The van der Waals surface area contributed by atoms with Gasteiger partial charge in [-0.25, -0.2) is 8.78 Å². The van der Waals surface area contributed by atoms with Crippen LogP contribution in [0.3, 0.4) is 0 Å². The van der Waals surface area contributed by atoms with E-state index < -0.39 is 5.92 Å². The normalized spacial score (nSPS) is 19.1. The van der Waals surface area contributed by atoms with Crippen LogP contribution >= 0.6 is 0 Å². The average Bonchev–Trinajstić information content (AvgIpc) is 2.32. The Kier molecular flexibility index (Phi) is 4.14. The molecule has 1 aliphatic heterocycles. The maximum Gasteiger partial charge on any atom is 0.250 e. The fourth-order valence-electron chi connectivity index (χ4n) is 2.16. The lowest BCUT2D eigenvalue weighted by atomic mass is 10.1. The first-order valence-corrected chi connectivity index (χ1v) is 6.41. The zero-order valence-electron chi connectivity index (χ0n) is 11.0. The number of nitrogens with one attached hydrogen (secondary N) is 1. The van der Waals surface area contributed by atoms with Gasteiger partial charge in [0.15, 0.2) is 0 Å². The molecule has 1 saturated heterocycles. The lowest BCUT2D eigenvalue weighted by Gasteiger charge is -2.31. The van der Waals surface area contributed by atoms with Gasteiger partial charge in [-0.15, -0.1) is 0 Å². The van der Waals surface area contributed by atoms with Gasteiger partial charge < -0.3 is 5.32 Å².